The number of carbonyl (C=O) groups is 1. The zero-order valence-corrected chi connectivity index (χ0v) is 18.4. The highest BCUT2D eigenvalue weighted by Gasteiger charge is 2.62. The minimum atomic E-state index is -0.596. The lowest BCUT2D eigenvalue weighted by Gasteiger charge is -2.51. The maximum Gasteiger partial charge on any atom is 0.311 e. The molecule has 0 aliphatic carbocycles. The van der Waals surface area contributed by atoms with E-state index in [1.165, 1.54) is 5.56 Å². The number of rotatable bonds is 4. The van der Waals surface area contributed by atoms with Gasteiger partial charge in [-0.1, -0.05) is 60.7 Å². The van der Waals surface area contributed by atoms with E-state index in [4.69, 9.17) is 4.74 Å². The summed E-state index contributed by atoms with van der Waals surface area (Å²) in [5, 5.41) is 11.4. The van der Waals surface area contributed by atoms with Crippen LogP contribution >= 0.6 is 0 Å². The fraction of sp³-hybridized carbons (Fsp3) is 0.500. The van der Waals surface area contributed by atoms with Gasteiger partial charge in [0.2, 0.25) is 0 Å². The normalized spacial score (nSPS) is 30.1. The number of aliphatic hydroxyl groups excluding tert-OH is 1. The van der Waals surface area contributed by atoms with Gasteiger partial charge in [-0.15, -0.1) is 0 Å². The maximum absolute atomic E-state index is 13.3. The lowest BCUT2D eigenvalue weighted by molar-refractivity contribution is -0.161. The van der Waals surface area contributed by atoms with E-state index in [2.05, 4.69) is 48.2 Å². The van der Waals surface area contributed by atoms with Gasteiger partial charge in [0.05, 0.1) is 17.6 Å². The Labute approximate surface area is 179 Å². The van der Waals surface area contributed by atoms with Gasteiger partial charge in [0.25, 0.3) is 0 Å². The van der Waals surface area contributed by atoms with Crippen molar-refractivity contribution in [1.82, 2.24) is 4.90 Å². The van der Waals surface area contributed by atoms with Crippen LogP contribution in [0.4, 0.5) is 0 Å². The van der Waals surface area contributed by atoms with Crippen LogP contribution in [-0.2, 0) is 15.1 Å². The van der Waals surface area contributed by atoms with Crippen LogP contribution in [0.2, 0.25) is 0 Å². The largest absolute Gasteiger partial charge is 0.460 e. The Hall–Kier alpha value is -2.17. The van der Waals surface area contributed by atoms with Crippen molar-refractivity contribution in [3.05, 3.63) is 71.8 Å². The van der Waals surface area contributed by atoms with Crippen molar-refractivity contribution in [2.24, 2.45) is 5.92 Å². The van der Waals surface area contributed by atoms with Crippen LogP contribution in [0.25, 0.3) is 0 Å². The summed E-state index contributed by atoms with van der Waals surface area (Å²) < 4.78 is 5.83. The summed E-state index contributed by atoms with van der Waals surface area (Å²) >= 11 is 0. The molecule has 4 rings (SSSR count). The predicted molar refractivity (Wildman–Crippen MR) is 118 cm³/mol. The van der Waals surface area contributed by atoms with Crippen LogP contribution in [0, 0.1) is 5.92 Å². The molecule has 2 fully saturated rings. The summed E-state index contributed by atoms with van der Waals surface area (Å²) in [4.78, 5) is 15.7. The van der Waals surface area contributed by atoms with Crippen LogP contribution in [0.3, 0.4) is 0 Å². The Morgan fingerprint density at radius 1 is 1.07 bits per heavy atom. The number of hydrogen-bond donors (Lipinski definition) is 1. The van der Waals surface area contributed by atoms with Crippen LogP contribution in [0.15, 0.2) is 60.7 Å². The minimum Gasteiger partial charge on any atom is -0.460 e. The topological polar surface area (TPSA) is 49.8 Å². The second kappa shape index (κ2) is 7.82. The molecule has 4 nitrogen and oxygen atoms in total. The Balaban J connectivity index is 1.81. The predicted octanol–water partition coefficient (Wildman–Crippen LogP) is 4.83. The second-order valence-electron chi connectivity index (χ2n) is 9.79. The number of ether oxygens (including phenoxy) is 1. The van der Waals surface area contributed by atoms with E-state index < -0.39 is 17.2 Å². The molecule has 5 atom stereocenters. The number of nitrogens with zero attached hydrogens (tertiary/aromatic N) is 1. The molecule has 0 aromatic heterocycles. The van der Waals surface area contributed by atoms with Gasteiger partial charge in [-0.3, -0.25) is 9.69 Å². The fourth-order valence-corrected chi connectivity index (χ4v) is 5.61. The van der Waals surface area contributed by atoms with Crippen molar-refractivity contribution in [1.29, 1.82) is 0 Å². The summed E-state index contributed by atoms with van der Waals surface area (Å²) in [6.07, 6.45) is 1.53. The minimum absolute atomic E-state index is 0.0404. The monoisotopic (exact) mass is 407 g/mol. The lowest BCUT2D eigenvalue weighted by Crippen LogP contribution is -2.57. The van der Waals surface area contributed by atoms with Crippen molar-refractivity contribution >= 4 is 5.97 Å². The molecule has 1 N–H and O–H groups in total. The SMILES string of the molecule is CC(c1ccccc1)N1[C@H]2CC[C@H](O)[C@@]1(c1ccccc1)C[C@@H]2C(=O)OC(C)(C)C. The number of benzene rings is 2. The average molecular weight is 408 g/mol. The van der Waals surface area contributed by atoms with Gasteiger partial charge >= 0.3 is 5.97 Å². The summed E-state index contributed by atoms with van der Waals surface area (Å²) in [5.41, 5.74) is 1.15. The Morgan fingerprint density at radius 2 is 1.67 bits per heavy atom. The highest BCUT2D eigenvalue weighted by Crippen LogP contribution is 2.56. The first kappa shape index (κ1) is 21.1. The van der Waals surface area contributed by atoms with E-state index >= 15 is 0 Å². The lowest BCUT2D eigenvalue weighted by atomic mass is 9.77. The van der Waals surface area contributed by atoms with Crippen molar-refractivity contribution in [3.8, 4) is 0 Å². The molecule has 2 aliphatic heterocycles. The average Bonchev–Trinajstić information content (AvgIpc) is 3.00. The van der Waals surface area contributed by atoms with Gasteiger partial charge in [-0.25, -0.2) is 0 Å². The van der Waals surface area contributed by atoms with Crippen molar-refractivity contribution in [2.45, 2.75) is 76.3 Å². The maximum atomic E-state index is 13.3. The van der Waals surface area contributed by atoms with Gasteiger partial charge in [0, 0.05) is 12.1 Å². The molecular formula is C26H33NO3. The van der Waals surface area contributed by atoms with Crippen LogP contribution in [0.5, 0.6) is 0 Å². The molecule has 2 aromatic rings. The molecule has 160 valence electrons. The van der Waals surface area contributed by atoms with E-state index in [9.17, 15) is 9.90 Å². The second-order valence-corrected chi connectivity index (χ2v) is 9.79. The summed E-state index contributed by atoms with van der Waals surface area (Å²) in [7, 11) is 0. The summed E-state index contributed by atoms with van der Waals surface area (Å²) in [5.74, 6) is -0.405. The van der Waals surface area contributed by atoms with E-state index in [1.54, 1.807) is 0 Å². The molecular weight excluding hydrogens is 374 g/mol. The molecule has 2 heterocycles. The summed E-state index contributed by atoms with van der Waals surface area (Å²) in [6, 6.07) is 20.7. The third-order valence-corrected chi connectivity index (χ3v) is 6.78. The zero-order valence-electron chi connectivity index (χ0n) is 18.4. The number of esters is 1. The van der Waals surface area contributed by atoms with Gasteiger partial charge < -0.3 is 9.84 Å². The molecule has 0 amide bonds. The van der Waals surface area contributed by atoms with Crippen LogP contribution < -0.4 is 0 Å². The van der Waals surface area contributed by atoms with Gasteiger partial charge in [0.15, 0.2) is 0 Å². The van der Waals surface area contributed by atoms with Gasteiger partial charge in [-0.05, 0) is 58.1 Å². The number of aliphatic hydroxyl groups is 1. The Kier molecular flexibility index (Phi) is 5.50. The third kappa shape index (κ3) is 3.57. The molecule has 1 unspecified atom stereocenters. The van der Waals surface area contributed by atoms with Crippen molar-refractivity contribution < 1.29 is 14.6 Å². The molecule has 0 radical (unpaired) electrons. The standard InChI is InChI=1S/C26H33NO3/c1-18(19-11-7-5-8-12-19)27-22-15-16-23(28)26(27,20-13-9-6-10-14-20)17-21(22)24(29)30-25(2,3)4/h5-14,18,21-23,28H,15-17H2,1-4H3/t18?,21-,22-,23-,26-/m0/s1. The number of piperidine rings is 1. The number of carbonyl (C=O) groups excluding carboxylic acids is 1. The van der Waals surface area contributed by atoms with Crippen LogP contribution in [0.1, 0.15) is 64.1 Å². The van der Waals surface area contributed by atoms with E-state index in [0.29, 0.717) is 12.8 Å². The van der Waals surface area contributed by atoms with Crippen molar-refractivity contribution in [2.75, 3.05) is 0 Å². The van der Waals surface area contributed by atoms with E-state index in [0.717, 1.165) is 12.0 Å². The third-order valence-electron chi connectivity index (χ3n) is 6.78. The summed E-state index contributed by atoms with van der Waals surface area (Å²) in [6.45, 7) is 7.93. The molecule has 30 heavy (non-hydrogen) atoms. The molecule has 2 saturated heterocycles. The molecule has 0 saturated carbocycles. The van der Waals surface area contributed by atoms with Crippen LogP contribution in [-0.4, -0.2) is 33.7 Å². The van der Waals surface area contributed by atoms with E-state index in [1.807, 2.05) is 45.0 Å². The fourth-order valence-electron chi connectivity index (χ4n) is 5.61. The first-order valence-electron chi connectivity index (χ1n) is 11.0. The quantitative estimate of drug-likeness (QED) is 0.738. The molecule has 2 aromatic carbocycles. The Morgan fingerprint density at radius 3 is 2.27 bits per heavy atom. The molecule has 2 bridgehead atoms. The number of fused-ring (bicyclic) bond motifs is 2. The first-order valence-corrected chi connectivity index (χ1v) is 11.0. The first-order chi connectivity index (χ1) is 14.2. The van der Waals surface area contributed by atoms with Gasteiger partial charge in [-0.2, -0.15) is 0 Å². The number of hydrogen-bond acceptors (Lipinski definition) is 4. The molecule has 4 heteroatoms. The van der Waals surface area contributed by atoms with Gasteiger partial charge in [0.1, 0.15) is 5.60 Å². The highest BCUT2D eigenvalue weighted by molar-refractivity contribution is 5.75. The van der Waals surface area contributed by atoms with Crippen molar-refractivity contribution in [3.63, 3.8) is 0 Å². The molecule has 0 spiro atoms. The smallest absolute Gasteiger partial charge is 0.311 e. The highest BCUT2D eigenvalue weighted by atomic mass is 16.6. The zero-order chi connectivity index (χ0) is 21.5. The van der Waals surface area contributed by atoms with E-state index in [-0.39, 0.29) is 24.0 Å². The molecule has 2 aliphatic rings. The Bertz CT molecular complexity index is 876.